The third-order valence-corrected chi connectivity index (χ3v) is 4.24. The van der Waals surface area contributed by atoms with Gasteiger partial charge in [0.05, 0.1) is 12.1 Å². The first-order valence-corrected chi connectivity index (χ1v) is 6.57. The van der Waals surface area contributed by atoms with Crippen LogP contribution < -0.4 is 5.32 Å². The van der Waals surface area contributed by atoms with E-state index < -0.39 is 0 Å². The summed E-state index contributed by atoms with van der Waals surface area (Å²) in [6.45, 7) is 8.26. The molecule has 0 aromatic rings. The smallest absolute Gasteiger partial charge is 0.157 e. The molecule has 3 nitrogen and oxygen atoms in total. The largest absolute Gasteiger partial charge is 0.373 e. The van der Waals surface area contributed by atoms with E-state index in [4.69, 9.17) is 4.74 Å². The molecule has 1 atom stereocenters. The Hall–Kier alpha value is -0.220. The summed E-state index contributed by atoms with van der Waals surface area (Å²) in [5.74, 6) is 1.10. The molecule has 86 valence electrons. The van der Waals surface area contributed by atoms with E-state index in [-0.39, 0.29) is 11.1 Å². The molecule has 2 aliphatic rings. The minimum Gasteiger partial charge on any atom is -0.373 e. The quantitative estimate of drug-likeness (QED) is 0.785. The van der Waals surface area contributed by atoms with Crippen molar-refractivity contribution in [2.24, 2.45) is 4.99 Å². The van der Waals surface area contributed by atoms with Crippen molar-refractivity contribution in [2.45, 2.75) is 44.8 Å². The molecule has 1 N–H and O–H groups in total. The molecule has 2 saturated heterocycles. The van der Waals surface area contributed by atoms with E-state index in [0.29, 0.717) is 0 Å². The average molecular weight is 228 g/mol. The van der Waals surface area contributed by atoms with Crippen LogP contribution >= 0.6 is 11.8 Å². The second kappa shape index (κ2) is 3.98. The van der Waals surface area contributed by atoms with Gasteiger partial charge >= 0.3 is 0 Å². The van der Waals surface area contributed by atoms with Crippen LogP contribution in [0.3, 0.4) is 0 Å². The van der Waals surface area contributed by atoms with Crippen LogP contribution in [0.15, 0.2) is 4.99 Å². The maximum absolute atomic E-state index is 5.71. The van der Waals surface area contributed by atoms with Crippen molar-refractivity contribution in [2.75, 3.05) is 18.9 Å². The van der Waals surface area contributed by atoms with Crippen molar-refractivity contribution < 1.29 is 4.74 Å². The molecule has 0 amide bonds. The fourth-order valence-electron chi connectivity index (χ4n) is 1.90. The van der Waals surface area contributed by atoms with Gasteiger partial charge in [-0.3, -0.25) is 4.99 Å². The Balaban J connectivity index is 1.89. The topological polar surface area (TPSA) is 33.6 Å². The highest BCUT2D eigenvalue weighted by molar-refractivity contribution is 8.14. The first-order valence-electron chi connectivity index (χ1n) is 5.59. The highest BCUT2D eigenvalue weighted by atomic mass is 32.2. The minimum atomic E-state index is -0.0119. The summed E-state index contributed by atoms with van der Waals surface area (Å²) in [5.41, 5.74) is 0.183. The van der Waals surface area contributed by atoms with Crippen molar-refractivity contribution in [3.63, 3.8) is 0 Å². The van der Waals surface area contributed by atoms with E-state index in [9.17, 15) is 0 Å². The number of amidine groups is 1. The standard InChI is InChI=1S/C11H20N2OS/c1-10(2)8-15-9(13-10)12-7-11(3)5-4-6-14-11/h4-8H2,1-3H3,(H,12,13). The number of nitrogens with zero attached hydrogens (tertiary/aromatic N) is 1. The zero-order chi connectivity index (χ0) is 10.9. The molecule has 15 heavy (non-hydrogen) atoms. The lowest BCUT2D eigenvalue weighted by Gasteiger charge is -2.21. The first-order chi connectivity index (χ1) is 6.99. The van der Waals surface area contributed by atoms with Crippen LogP contribution in [-0.4, -0.2) is 35.2 Å². The Bertz CT molecular complexity index is 270. The second-order valence-corrected chi connectivity index (χ2v) is 6.28. The Morgan fingerprint density at radius 3 is 2.80 bits per heavy atom. The summed E-state index contributed by atoms with van der Waals surface area (Å²) >= 11 is 1.81. The number of hydrogen-bond donors (Lipinski definition) is 1. The Labute approximate surface area is 96.1 Å². The molecule has 0 aromatic carbocycles. The zero-order valence-corrected chi connectivity index (χ0v) is 10.6. The Kier molecular flexibility index (Phi) is 2.99. The molecule has 2 rings (SSSR count). The molecule has 2 heterocycles. The maximum atomic E-state index is 5.71. The van der Waals surface area contributed by atoms with Gasteiger partial charge in [-0.25, -0.2) is 0 Å². The lowest BCUT2D eigenvalue weighted by Crippen LogP contribution is -2.37. The van der Waals surface area contributed by atoms with Crippen molar-refractivity contribution in [3.8, 4) is 0 Å². The van der Waals surface area contributed by atoms with Crippen LogP contribution in [0.5, 0.6) is 0 Å². The van der Waals surface area contributed by atoms with Crippen LogP contribution in [0.1, 0.15) is 33.6 Å². The van der Waals surface area contributed by atoms with E-state index in [0.717, 1.165) is 30.5 Å². The molecule has 2 aliphatic heterocycles. The molecule has 0 bridgehead atoms. The fraction of sp³-hybridized carbons (Fsp3) is 0.909. The molecular weight excluding hydrogens is 208 g/mol. The molecule has 2 fully saturated rings. The van der Waals surface area contributed by atoms with Crippen molar-refractivity contribution in [3.05, 3.63) is 0 Å². The predicted octanol–water partition coefficient (Wildman–Crippen LogP) is 2.03. The van der Waals surface area contributed by atoms with E-state index in [1.54, 1.807) is 0 Å². The first kappa shape index (κ1) is 11.3. The highest BCUT2D eigenvalue weighted by Gasteiger charge is 2.31. The summed E-state index contributed by atoms with van der Waals surface area (Å²) in [4.78, 5) is 4.62. The van der Waals surface area contributed by atoms with E-state index in [2.05, 4.69) is 31.1 Å². The lowest BCUT2D eigenvalue weighted by molar-refractivity contribution is 0.0285. The molecule has 1 unspecified atom stereocenters. The van der Waals surface area contributed by atoms with Gasteiger partial charge in [-0.15, -0.1) is 0 Å². The third kappa shape index (κ3) is 2.88. The van der Waals surface area contributed by atoms with Crippen LogP contribution in [0.4, 0.5) is 0 Å². The monoisotopic (exact) mass is 228 g/mol. The van der Waals surface area contributed by atoms with E-state index >= 15 is 0 Å². The van der Waals surface area contributed by atoms with E-state index in [1.165, 1.54) is 6.42 Å². The lowest BCUT2D eigenvalue weighted by atomic mass is 10.0. The van der Waals surface area contributed by atoms with Gasteiger partial charge in [-0.1, -0.05) is 11.8 Å². The number of thioether (sulfide) groups is 1. The molecular formula is C11H20N2OS. The van der Waals surface area contributed by atoms with Crippen molar-refractivity contribution in [1.82, 2.24) is 5.32 Å². The Morgan fingerprint density at radius 1 is 1.47 bits per heavy atom. The van der Waals surface area contributed by atoms with Gasteiger partial charge in [-0.05, 0) is 33.6 Å². The zero-order valence-electron chi connectivity index (χ0n) is 9.80. The maximum Gasteiger partial charge on any atom is 0.157 e. The molecule has 0 aliphatic carbocycles. The van der Waals surface area contributed by atoms with Gasteiger partial charge in [-0.2, -0.15) is 0 Å². The van der Waals surface area contributed by atoms with Crippen LogP contribution in [0.2, 0.25) is 0 Å². The summed E-state index contributed by atoms with van der Waals surface area (Å²) in [7, 11) is 0. The molecule has 0 radical (unpaired) electrons. The summed E-state index contributed by atoms with van der Waals surface area (Å²) in [6, 6.07) is 0. The van der Waals surface area contributed by atoms with Crippen molar-refractivity contribution >= 4 is 16.9 Å². The fourth-order valence-corrected chi connectivity index (χ4v) is 2.97. The number of rotatable bonds is 2. The van der Waals surface area contributed by atoms with Crippen LogP contribution in [0, 0.1) is 0 Å². The van der Waals surface area contributed by atoms with Gasteiger partial charge in [0, 0.05) is 17.9 Å². The summed E-state index contributed by atoms with van der Waals surface area (Å²) in [5, 5.41) is 4.51. The number of hydrogen-bond acceptors (Lipinski definition) is 3. The molecule has 0 aromatic heterocycles. The summed E-state index contributed by atoms with van der Waals surface area (Å²) in [6.07, 6.45) is 2.31. The van der Waals surface area contributed by atoms with Crippen LogP contribution in [0.25, 0.3) is 0 Å². The summed E-state index contributed by atoms with van der Waals surface area (Å²) < 4.78 is 5.71. The van der Waals surface area contributed by atoms with Gasteiger partial charge < -0.3 is 10.1 Å². The molecule has 0 saturated carbocycles. The Morgan fingerprint density at radius 2 is 2.27 bits per heavy atom. The average Bonchev–Trinajstić information content (AvgIpc) is 2.70. The number of nitrogens with one attached hydrogen (secondary N) is 1. The van der Waals surface area contributed by atoms with Gasteiger partial charge in [0.15, 0.2) is 5.17 Å². The van der Waals surface area contributed by atoms with Crippen molar-refractivity contribution in [1.29, 1.82) is 0 Å². The second-order valence-electron chi connectivity index (χ2n) is 5.32. The van der Waals surface area contributed by atoms with Crippen LogP contribution in [-0.2, 0) is 4.74 Å². The normalized spacial score (nSPS) is 37.1. The molecule has 4 heteroatoms. The van der Waals surface area contributed by atoms with Gasteiger partial charge in [0.1, 0.15) is 0 Å². The highest BCUT2D eigenvalue weighted by Crippen LogP contribution is 2.27. The predicted molar refractivity (Wildman–Crippen MR) is 65.6 cm³/mol. The molecule has 0 spiro atoms. The SMILES string of the molecule is CC1(C)CSC(=NCC2(C)CCCO2)N1. The third-order valence-electron chi connectivity index (χ3n) is 2.87. The van der Waals surface area contributed by atoms with Gasteiger partial charge in [0.25, 0.3) is 0 Å². The number of aliphatic imine (C=N–C) groups is 1. The van der Waals surface area contributed by atoms with Gasteiger partial charge in [0.2, 0.25) is 0 Å². The number of ether oxygens (including phenoxy) is 1. The van der Waals surface area contributed by atoms with E-state index in [1.807, 2.05) is 11.8 Å². The minimum absolute atomic E-state index is 0.0119.